The Morgan fingerprint density at radius 2 is 1.95 bits per heavy atom. The number of likely N-dealkylation sites (tertiary alicyclic amines) is 1. The molecule has 3 rings (SSSR count). The van der Waals surface area contributed by atoms with Crippen LogP contribution in [0.5, 0.6) is 0 Å². The summed E-state index contributed by atoms with van der Waals surface area (Å²) in [4.78, 5) is 2.40. The zero-order chi connectivity index (χ0) is 13.1. The largest absolute Gasteiger partial charge is 0.306 e. The second-order valence-electron chi connectivity index (χ2n) is 5.56. The first-order valence-electron chi connectivity index (χ1n) is 7.08. The van der Waals surface area contributed by atoms with Crippen molar-refractivity contribution in [2.45, 2.75) is 25.2 Å². The summed E-state index contributed by atoms with van der Waals surface area (Å²) in [6, 6.07) is 12.8. The number of aromatic amines is 1. The summed E-state index contributed by atoms with van der Waals surface area (Å²) in [7, 11) is 2.20. The monoisotopic (exact) mass is 255 g/mol. The Morgan fingerprint density at radius 1 is 1.21 bits per heavy atom. The fourth-order valence-electron chi connectivity index (χ4n) is 2.80. The van der Waals surface area contributed by atoms with Crippen LogP contribution in [0.4, 0.5) is 0 Å². The van der Waals surface area contributed by atoms with Crippen molar-refractivity contribution in [1.29, 1.82) is 0 Å². The van der Waals surface area contributed by atoms with E-state index in [2.05, 4.69) is 58.5 Å². The number of H-pyrrole nitrogens is 1. The highest BCUT2D eigenvalue weighted by molar-refractivity contribution is 5.23. The SMILES string of the molecule is CN1CCC(c2cc(Cc3ccccc3)[nH]n2)CC1. The Hall–Kier alpha value is -1.61. The normalized spacial score (nSPS) is 17.7. The first-order valence-corrected chi connectivity index (χ1v) is 7.08. The van der Waals surface area contributed by atoms with E-state index in [0.717, 1.165) is 6.42 Å². The average Bonchev–Trinajstić information content (AvgIpc) is 2.89. The molecule has 0 spiro atoms. The van der Waals surface area contributed by atoms with Gasteiger partial charge < -0.3 is 4.90 Å². The summed E-state index contributed by atoms with van der Waals surface area (Å²) in [5.41, 5.74) is 3.81. The molecule has 3 nitrogen and oxygen atoms in total. The molecule has 3 heteroatoms. The lowest BCUT2D eigenvalue weighted by atomic mass is 9.93. The van der Waals surface area contributed by atoms with Crippen LogP contribution in [0.3, 0.4) is 0 Å². The lowest BCUT2D eigenvalue weighted by molar-refractivity contribution is 0.253. The molecule has 19 heavy (non-hydrogen) atoms. The molecule has 100 valence electrons. The Kier molecular flexibility index (Phi) is 3.65. The van der Waals surface area contributed by atoms with E-state index >= 15 is 0 Å². The predicted molar refractivity (Wildman–Crippen MR) is 77.3 cm³/mol. The quantitative estimate of drug-likeness (QED) is 0.914. The molecule has 0 radical (unpaired) electrons. The molecule has 1 aromatic carbocycles. The van der Waals surface area contributed by atoms with Gasteiger partial charge in [0.15, 0.2) is 0 Å². The van der Waals surface area contributed by atoms with Crippen LogP contribution < -0.4 is 0 Å². The fraction of sp³-hybridized carbons (Fsp3) is 0.438. The molecule has 1 N–H and O–H groups in total. The standard InChI is InChI=1S/C16H21N3/c1-19-9-7-14(8-10-19)16-12-15(17-18-16)11-13-5-3-2-4-6-13/h2-6,12,14H,7-11H2,1H3,(H,17,18). The predicted octanol–water partition coefficient (Wildman–Crippen LogP) is 2.81. The van der Waals surface area contributed by atoms with Gasteiger partial charge in [0.1, 0.15) is 0 Å². The highest BCUT2D eigenvalue weighted by atomic mass is 15.1. The third kappa shape index (κ3) is 3.04. The van der Waals surface area contributed by atoms with Crippen LogP contribution in [-0.4, -0.2) is 35.2 Å². The van der Waals surface area contributed by atoms with Gasteiger partial charge in [-0.25, -0.2) is 0 Å². The Balaban J connectivity index is 1.66. The molecule has 0 bridgehead atoms. The van der Waals surface area contributed by atoms with Gasteiger partial charge in [0, 0.05) is 18.0 Å². The summed E-state index contributed by atoms with van der Waals surface area (Å²) < 4.78 is 0. The maximum Gasteiger partial charge on any atom is 0.0656 e. The molecule has 0 atom stereocenters. The molecule has 1 aliphatic rings. The number of piperidine rings is 1. The molecular weight excluding hydrogens is 234 g/mol. The topological polar surface area (TPSA) is 31.9 Å². The minimum atomic E-state index is 0.636. The number of aromatic nitrogens is 2. The molecule has 1 aromatic heterocycles. The third-order valence-electron chi connectivity index (χ3n) is 4.02. The minimum Gasteiger partial charge on any atom is -0.306 e. The van der Waals surface area contributed by atoms with Gasteiger partial charge in [-0.05, 0) is 44.6 Å². The first-order chi connectivity index (χ1) is 9.31. The van der Waals surface area contributed by atoms with Crippen molar-refractivity contribution in [2.24, 2.45) is 0 Å². The molecule has 2 aromatic rings. The van der Waals surface area contributed by atoms with Crippen molar-refractivity contribution in [3.8, 4) is 0 Å². The zero-order valence-electron chi connectivity index (χ0n) is 11.5. The molecule has 0 aliphatic carbocycles. The molecule has 0 unspecified atom stereocenters. The Bertz CT molecular complexity index is 510. The van der Waals surface area contributed by atoms with E-state index < -0.39 is 0 Å². The molecule has 0 amide bonds. The van der Waals surface area contributed by atoms with Crippen molar-refractivity contribution in [3.05, 3.63) is 53.3 Å². The molecule has 1 fully saturated rings. The number of benzene rings is 1. The van der Waals surface area contributed by atoms with Crippen LogP contribution in [-0.2, 0) is 6.42 Å². The summed E-state index contributed by atoms with van der Waals surface area (Å²) in [5, 5.41) is 7.72. The summed E-state index contributed by atoms with van der Waals surface area (Å²) in [5.74, 6) is 0.636. The van der Waals surface area contributed by atoms with E-state index in [-0.39, 0.29) is 0 Å². The maximum absolute atomic E-state index is 4.52. The molecule has 1 saturated heterocycles. The third-order valence-corrected chi connectivity index (χ3v) is 4.02. The minimum absolute atomic E-state index is 0.636. The molecule has 2 heterocycles. The van der Waals surface area contributed by atoms with E-state index in [1.54, 1.807) is 0 Å². The van der Waals surface area contributed by atoms with Crippen LogP contribution in [0.15, 0.2) is 36.4 Å². The van der Waals surface area contributed by atoms with Crippen LogP contribution in [0.2, 0.25) is 0 Å². The second-order valence-corrected chi connectivity index (χ2v) is 5.56. The highest BCUT2D eigenvalue weighted by Gasteiger charge is 2.20. The van der Waals surface area contributed by atoms with Gasteiger partial charge in [-0.15, -0.1) is 0 Å². The van der Waals surface area contributed by atoms with Crippen LogP contribution in [0.1, 0.15) is 35.7 Å². The van der Waals surface area contributed by atoms with Gasteiger partial charge in [0.05, 0.1) is 5.69 Å². The van der Waals surface area contributed by atoms with Gasteiger partial charge >= 0.3 is 0 Å². The maximum atomic E-state index is 4.52. The number of nitrogens with zero attached hydrogens (tertiary/aromatic N) is 2. The Labute approximate surface area is 114 Å². The summed E-state index contributed by atoms with van der Waals surface area (Å²) >= 11 is 0. The highest BCUT2D eigenvalue weighted by Crippen LogP contribution is 2.26. The first kappa shape index (κ1) is 12.4. The van der Waals surface area contributed by atoms with Crippen LogP contribution in [0.25, 0.3) is 0 Å². The molecule has 1 aliphatic heterocycles. The second kappa shape index (κ2) is 5.57. The van der Waals surface area contributed by atoms with Crippen molar-refractivity contribution < 1.29 is 0 Å². The van der Waals surface area contributed by atoms with E-state index in [1.807, 2.05) is 0 Å². The van der Waals surface area contributed by atoms with E-state index in [9.17, 15) is 0 Å². The smallest absolute Gasteiger partial charge is 0.0656 e. The van der Waals surface area contributed by atoms with Crippen molar-refractivity contribution in [1.82, 2.24) is 15.1 Å². The number of rotatable bonds is 3. The van der Waals surface area contributed by atoms with Crippen molar-refractivity contribution >= 4 is 0 Å². The van der Waals surface area contributed by atoms with Gasteiger partial charge in [-0.2, -0.15) is 5.10 Å². The summed E-state index contributed by atoms with van der Waals surface area (Å²) in [6.45, 7) is 2.37. The lowest BCUT2D eigenvalue weighted by Crippen LogP contribution is -2.29. The Morgan fingerprint density at radius 3 is 2.68 bits per heavy atom. The number of hydrogen-bond acceptors (Lipinski definition) is 2. The average molecular weight is 255 g/mol. The zero-order valence-corrected chi connectivity index (χ0v) is 11.5. The number of nitrogens with one attached hydrogen (secondary N) is 1. The van der Waals surface area contributed by atoms with Gasteiger partial charge in [-0.1, -0.05) is 30.3 Å². The fourth-order valence-corrected chi connectivity index (χ4v) is 2.80. The van der Waals surface area contributed by atoms with Crippen LogP contribution in [0, 0.1) is 0 Å². The lowest BCUT2D eigenvalue weighted by Gasteiger charge is -2.27. The van der Waals surface area contributed by atoms with Gasteiger partial charge in [0.2, 0.25) is 0 Å². The van der Waals surface area contributed by atoms with E-state index in [0.29, 0.717) is 5.92 Å². The number of hydrogen-bond donors (Lipinski definition) is 1. The van der Waals surface area contributed by atoms with E-state index in [1.165, 1.54) is 42.9 Å². The summed E-state index contributed by atoms with van der Waals surface area (Å²) in [6.07, 6.45) is 3.40. The van der Waals surface area contributed by atoms with Gasteiger partial charge in [0.25, 0.3) is 0 Å². The molecule has 0 saturated carbocycles. The van der Waals surface area contributed by atoms with E-state index in [4.69, 9.17) is 0 Å². The van der Waals surface area contributed by atoms with Crippen molar-refractivity contribution in [2.75, 3.05) is 20.1 Å². The van der Waals surface area contributed by atoms with Crippen LogP contribution >= 0.6 is 0 Å². The van der Waals surface area contributed by atoms with Crippen molar-refractivity contribution in [3.63, 3.8) is 0 Å². The van der Waals surface area contributed by atoms with Gasteiger partial charge in [-0.3, -0.25) is 5.10 Å². The molecular formula is C16H21N3.